The van der Waals surface area contributed by atoms with Gasteiger partial charge in [-0.05, 0) is 96.0 Å². The molecule has 276 valence electrons. The van der Waals surface area contributed by atoms with E-state index in [0.717, 1.165) is 63.1 Å². The van der Waals surface area contributed by atoms with Gasteiger partial charge in [0, 0.05) is 28.1 Å². The number of thiophene rings is 1. The Morgan fingerprint density at radius 1 is 0.964 bits per heavy atom. The Bertz CT molecular complexity index is 2560. The average molecular weight is 773 g/mol. The van der Waals surface area contributed by atoms with Gasteiger partial charge in [-0.1, -0.05) is 60.1 Å². The standard InChI is InChI=1S/C43H34ClFN4O5S/c1-24-31-16-13-26(38(24)44)7-5-6-25-10-17-33(53-22-30-18-19-46-40(49-30)32-8-3-4-9-34(32)52-2)28(20-25)21-35(43(50)51)54-41-37-36(31)39(55-42(37)48-23-47-41)27-11-14-29(45)15-12-27/h3-4,8-20,23,35H,5-7,21-22H2,1-2H3,(H,50,51)/t35-/m1/s1. The summed E-state index contributed by atoms with van der Waals surface area (Å²) in [5, 5.41) is 11.8. The van der Waals surface area contributed by atoms with E-state index in [2.05, 4.69) is 15.0 Å². The quantitative estimate of drug-likeness (QED) is 0.169. The lowest BCUT2D eigenvalue weighted by molar-refractivity contribution is -0.145. The molecule has 0 fully saturated rings. The van der Waals surface area contributed by atoms with Crippen LogP contribution < -0.4 is 14.2 Å². The van der Waals surface area contributed by atoms with Crippen LogP contribution in [-0.4, -0.2) is 44.2 Å². The van der Waals surface area contributed by atoms with E-state index in [1.54, 1.807) is 31.5 Å². The number of aliphatic carboxylic acids is 1. The molecule has 0 saturated heterocycles. The molecule has 2 aliphatic rings. The van der Waals surface area contributed by atoms with Crippen molar-refractivity contribution in [2.45, 2.75) is 45.3 Å². The van der Waals surface area contributed by atoms with Crippen LogP contribution in [0.25, 0.3) is 43.2 Å². The summed E-state index contributed by atoms with van der Waals surface area (Å²) < 4.78 is 32.3. The maximum absolute atomic E-state index is 14.1. The van der Waals surface area contributed by atoms with Crippen molar-refractivity contribution in [2.75, 3.05) is 7.11 Å². The molecule has 3 aromatic heterocycles. The normalized spacial score (nSPS) is 14.1. The molecule has 1 N–H and O–H groups in total. The van der Waals surface area contributed by atoms with Crippen molar-refractivity contribution in [3.63, 3.8) is 0 Å². The van der Waals surface area contributed by atoms with E-state index in [9.17, 15) is 14.3 Å². The zero-order valence-corrected chi connectivity index (χ0v) is 31.5. The minimum absolute atomic E-state index is 0.0108. The number of methoxy groups -OCH3 is 1. The molecule has 12 heteroatoms. The molecule has 0 radical (unpaired) electrons. The minimum atomic E-state index is -1.34. The summed E-state index contributed by atoms with van der Waals surface area (Å²) in [5.74, 6) is 0.256. The number of hydrogen-bond donors (Lipinski definition) is 1. The number of aromatic nitrogens is 4. The molecule has 4 aromatic carbocycles. The highest BCUT2D eigenvalue weighted by Gasteiger charge is 2.28. The number of rotatable bonds is 7. The molecular formula is C43H34ClFN4O5S. The summed E-state index contributed by atoms with van der Waals surface area (Å²) in [6.07, 6.45) is 3.96. The van der Waals surface area contributed by atoms with Gasteiger partial charge in [0.1, 0.15) is 35.1 Å². The lowest BCUT2D eigenvalue weighted by atomic mass is 9.93. The van der Waals surface area contributed by atoms with Gasteiger partial charge in [-0.3, -0.25) is 0 Å². The molecule has 4 bridgehead atoms. The van der Waals surface area contributed by atoms with E-state index in [1.165, 1.54) is 29.8 Å². The number of halogens is 2. The van der Waals surface area contributed by atoms with Crippen molar-refractivity contribution in [3.8, 4) is 50.3 Å². The molecule has 0 amide bonds. The van der Waals surface area contributed by atoms with Crippen LogP contribution in [0.15, 0.2) is 97.5 Å². The van der Waals surface area contributed by atoms with E-state index in [1.807, 2.05) is 61.5 Å². The first kappa shape index (κ1) is 36.1. The van der Waals surface area contributed by atoms with Gasteiger partial charge in [-0.25, -0.2) is 29.1 Å². The van der Waals surface area contributed by atoms with Gasteiger partial charge in [0.05, 0.1) is 23.8 Å². The van der Waals surface area contributed by atoms with Gasteiger partial charge in [0.2, 0.25) is 12.0 Å². The van der Waals surface area contributed by atoms with E-state index in [4.69, 9.17) is 30.8 Å². The monoisotopic (exact) mass is 772 g/mol. The Morgan fingerprint density at radius 3 is 2.62 bits per heavy atom. The number of carboxylic acid groups (broad SMARTS) is 1. The zero-order chi connectivity index (χ0) is 38.1. The summed E-state index contributed by atoms with van der Waals surface area (Å²) in [6.45, 7) is 2.08. The molecule has 0 saturated carbocycles. The lowest BCUT2D eigenvalue weighted by Gasteiger charge is -2.20. The SMILES string of the molecule is COc1ccccc1-c1nccc(COc2ccc3cc2C[C@H](C(=O)O)Oc2ncnc4sc(-c5ccc(F)cc5)c(c24)-c2ccc(c(Cl)c2C)CCC3)n1. The Morgan fingerprint density at radius 2 is 1.80 bits per heavy atom. The fraction of sp³-hybridized carbons (Fsp3) is 0.186. The molecule has 7 aromatic rings. The van der Waals surface area contributed by atoms with Gasteiger partial charge in [-0.2, -0.15) is 0 Å². The Labute approximate surface area is 325 Å². The number of carbonyl (C=O) groups is 1. The zero-order valence-electron chi connectivity index (χ0n) is 29.9. The van der Waals surface area contributed by atoms with Crippen LogP contribution in [-0.2, 0) is 30.7 Å². The molecule has 2 aliphatic heterocycles. The molecule has 9 rings (SSSR count). The van der Waals surface area contributed by atoms with Crippen LogP contribution in [0.4, 0.5) is 4.39 Å². The summed E-state index contributed by atoms with van der Waals surface area (Å²) in [6, 6.07) is 25.5. The van der Waals surface area contributed by atoms with Gasteiger partial charge in [0.25, 0.3) is 0 Å². The van der Waals surface area contributed by atoms with Crippen molar-refractivity contribution >= 4 is 39.1 Å². The summed E-state index contributed by atoms with van der Waals surface area (Å²) in [4.78, 5) is 32.6. The van der Waals surface area contributed by atoms with Crippen LogP contribution in [0.1, 0.15) is 34.4 Å². The van der Waals surface area contributed by atoms with Crippen LogP contribution in [0, 0.1) is 12.7 Å². The minimum Gasteiger partial charge on any atom is -0.496 e. The molecule has 1 atom stereocenters. The number of para-hydroxylation sites is 1. The predicted octanol–water partition coefficient (Wildman–Crippen LogP) is 9.73. The summed E-state index contributed by atoms with van der Waals surface area (Å²) in [5.41, 5.74) is 7.30. The number of fused-ring (bicyclic) bond motifs is 6. The number of ether oxygens (including phenoxy) is 3. The number of hydrogen-bond acceptors (Lipinski definition) is 9. The molecule has 0 spiro atoms. The van der Waals surface area contributed by atoms with Gasteiger partial charge >= 0.3 is 5.97 Å². The predicted molar refractivity (Wildman–Crippen MR) is 211 cm³/mol. The fourth-order valence-corrected chi connectivity index (χ4v) is 8.35. The van der Waals surface area contributed by atoms with Crippen molar-refractivity contribution < 1.29 is 28.5 Å². The van der Waals surface area contributed by atoms with Crippen molar-refractivity contribution in [1.29, 1.82) is 0 Å². The third-order valence-corrected chi connectivity index (χ3v) is 11.4. The second kappa shape index (κ2) is 15.4. The molecule has 55 heavy (non-hydrogen) atoms. The highest BCUT2D eigenvalue weighted by Crippen LogP contribution is 2.49. The van der Waals surface area contributed by atoms with Gasteiger partial charge < -0.3 is 19.3 Å². The largest absolute Gasteiger partial charge is 0.496 e. The maximum atomic E-state index is 14.1. The summed E-state index contributed by atoms with van der Waals surface area (Å²) >= 11 is 8.49. The Balaban J connectivity index is 1.20. The van der Waals surface area contributed by atoms with Gasteiger partial charge in [-0.15, -0.1) is 11.3 Å². The third-order valence-electron chi connectivity index (χ3n) is 9.70. The molecule has 0 aliphatic carbocycles. The molecule has 0 unspecified atom stereocenters. The first-order chi connectivity index (χ1) is 26.8. The fourth-order valence-electron chi connectivity index (χ4n) is 6.94. The number of benzene rings is 4. The summed E-state index contributed by atoms with van der Waals surface area (Å²) in [7, 11) is 1.60. The maximum Gasteiger partial charge on any atom is 0.345 e. The first-order valence-corrected chi connectivity index (χ1v) is 18.9. The highest BCUT2D eigenvalue weighted by atomic mass is 35.5. The van der Waals surface area contributed by atoms with Crippen molar-refractivity contribution in [3.05, 3.63) is 136 Å². The number of nitrogens with zero attached hydrogens (tertiary/aromatic N) is 4. The molecule has 9 nitrogen and oxygen atoms in total. The second-order valence-corrected chi connectivity index (χ2v) is 14.6. The van der Waals surface area contributed by atoms with E-state index >= 15 is 0 Å². The first-order valence-electron chi connectivity index (χ1n) is 17.7. The van der Waals surface area contributed by atoms with Crippen LogP contribution >= 0.6 is 22.9 Å². The van der Waals surface area contributed by atoms with Crippen LogP contribution in [0.2, 0.25) is 5.02 Å². The second-order valence-electron chi connectivity index (χ2n) is 13.2. The smallest absolute Gasteiger partial charge is 0.345 e. The Hall–Kier alpha value is -5.91. The van der Waals surface area contributed by atoms with E-state index < -0.39 is 12.1 Å². The van der Waals surface area contributed by atoms with E-state index in [-0.39, 0.29) is 24.7 Å². The topological polar surface area (TPSA) is 117 Å². The third kappa shape index (κ3) is 7.33. The lowest BCUT2D eigenvalue weighted by Crippen LogP contribution is -2.30. The molecular weight excluding hydrogens is 739 g/mol. The number of aryl methyl sites for hydroxylation is 2. The highest BCUT2D eigenvalue weighted by molar-refractivity contribution is 7.22. The van der Waals surface area contributed by atoms with Crippen molar-refractivity contribution in [2.24, 2.45) is 0 Å². The number of carboxylic acids is 1. The molecule has 5 heterocycles. The van der Waals surface area contributed by atoms with Gasteiger partial charge in [0.15, 0.2) is 5.82 Å². The van der Waals surface area contributed by atoms with E-state index in [0.29, 0.717) is 43.8 Å². The Kier molecular flexibility index (Phi) is 10.1. The van der Waals surface area contributed by atoms with Crippen LogP contribution in [0.3, 0.4) is 0 Å². The average Bonchev–Trinajstić information content (AvgIpc) is 3.59. The van der Waals surface area contributed by atoms with Crippen LogP contribution in [0.5, 0.6) is 17.4 Å². The van der Waals surface area contributed by atoms with Crippen molar-refractivity contribution in [1.82, 2.24) is 19.9 Å².